The lowest BCUT2D eigenvalue weighted by Gasteiger charge is -2.12. The molecule has 5 heteroatoms. The molecule has 0 saturated carbocycles. The molecule has 0 unspecified atom stereocenters. The van der Waals surface area contributed by atoms with E-state index < -0.39 is 0 Å². The highest BCUT2D eigenvalue weighted by atomic mass is 32.1. The summed E-state index contributed by atoms with van der Waals surface area (Å²) in [5.74, 6) is 0.705. The van der Waals surface area contributed by atoms with Gasteiger partial charge >= 0.3 is 0 Å². The van der Waals surface area contributed by atoms with Crippen molar-refractivity contribution in [1.29, 1.82) is 0 Å². The molecule has 0 atom stereocenters. The van der Waals surface area contributed by atoms with Gasteiger partial charge in [-0.3, -0.25) is 0 Å². The van der Waals surface area contributed by atoms with Gasteiger partial charge in [0.15, 0.2) is 5.82 Å². The molecule has 11 rings (SSSR count). The van der Waals surface area contributed by atoms with E-state index >= 15 is 0 Å². The molecule has 4 aromatic heterocycles. The first kappa shape index (κ1) is 28.3. The Morgan fingerprint density at radius 3 is 1.98 bits per heavy atom. The van der Waals surface area contributed by atoms with E-state index in [0.29, 0.717) is 5.82 Å². The van der Waals surface area contributed by atoms with Crippen molar-refractivity contribution in [1.82, 2.24) is 14.5 Å². The summed E-state index contributed by atoms with van der Waals surface area (Å²) in [5, 5.41) is 6.97. The Kier molecular flexibility index (Phi) is 6.09. The number of aromatic nitrogens is 3. The molecule has 0 aliphatic rings. The topological polar surface area (TPSA) is 43.9 Å². The van der Waals surface area contributed by atoms with Gasteiger partial charge in [0.1, 0.15) is 16.0 Å². The van der Waals surface area contributed by atoms with Crippen molar-refractivity contribution in [2.75, 3.05) is 0 Å². The van der Waals surface area contributed by atoms with Gasteiger partial charge in [-0.05, 0) is 48.0 Å². The zero-order valence-corrected chi connectivity index (χ0v) is 28.1. The highest BCUT2D eigenvalue weighted by Crippen LogP contribution is 2.42. The number of nitrogens with zero attached hydrogens (tertiary/aromatic N) is 3. The monoisotopic (exact) mass is 669 g/mol. The summed E-state index contributed by atoms with van der Waals surface area (Å²) in [5.41, 5.74) is 10.3. The molecule has 51 heavy (non-hydrogen) atoms. The smallest absolute Gasteiger partial charge is 0.161 e. The maximum absolute atomic E-state index is 6.45. The van der Waals surface area contributed by atoms with Gasteiger partial charge in [0, 0.05) is 59.4 Å². The number of furan rings is 1. The molecule has 0 fully saturated rings. The van der Waals surface area contributed by atoms with Gasteiger partial charge in [0.25, 0.3) is 0 Å². The van der Waals surface area contributed by atoms with Gasteiger partial charge in [-0.15, -0.1) is 11.3 Å². The third-order valence-corrected chi connectivity index (χ3v) is 11.1. The maximum Gasteiger partial charge on any atom is 0.161 e. The Balaban J connectivity index is 1.12. The van der Waals surface area contributed by atoms with Crippen molar-refractivity contribution >= 4 is 75.4 Å². The molecule has 0 saturated heterocycles. The van der Waals surface area contributed by atoms with E-state index in [1.807, 2.05) is 12.1 Å². The van der Waals surface area contributed by atoms with Gasteiger partial charge in [-0.2, -0.15) is 0 Å². The van der Waals surface area contributed by atoms with Crippen molar-refractivity contribution < 1.29 is 4.42 Å². The summed E-state index contributed by atoms with van der Waals surface area (Å²) >= 11 is 1.72. The van der Waals surface area contributed by atoms with Gasteiger partial charge in [0.05, 0.1) is 16.7 Å². The minimum absolute atomic E-state index is 0.705. The average molecular weight is 670 g/mol. The van der Waals surface area contributed by atoms with Crippen molar-refractivity contribution in [2.45, 2.75) is 0 Å². The van der Waals surface area contributed by atoms with Crippen LogP contribution < -0.4 is 0 Å². The largest absolute Gasteiger partial charge is 0.455 e. The second-order valence-electron chi connectivity index (χ2n) is 13.0. The lowest BCUT2D eigenvalue weighted by atomic mass is 9.98. The average Bonchev–Trinajstić information content (AvgIpc) is 3.87. The fourth-order valence-electron chi connectivity index (χ4n) is 7.75. The van der Waals surface area contributed by atoms with Crippen LogP contribution in [0.5, 0.6) is 0 Å². The van der Waals surface area contributed by atoms with Crippen molar-refractivity contribution in [2.24, 2.45) is 0 Å². The van der Waals surface area contributed by atoms with Crippen LogP contribution in [0.25, 0.3) is 104 Å². The summed E-state index contributed by atoms with van der Waals surface area (Å²) in [7, 11) is 0. The lowest BCUT2D eigenvalue weighted by Crippen LogP contribution is -1.97. The van der Waals surface area contributed by atoms with Crippen LogP contribution in [0.4, 0.5) is 0 Å². The SMILES string of the molecule is c1cc(-c2cccc3c2oc2ccccc23)cc(-c2nc(-c3cccc(-n4c5ccccc5c5ccccc54)c3)nc3sc4ccccc4c23)c1. The third-order valence-electron chi connectivity index (χ3n) is 10.0. The van der Waals surface area contributed by atoms with E-state index in [-0.39, 0.29) is 0 Å². The van der Waals surface area contributed by atoms with Crippen LogP contribution >= 0.6 is 11.3 Å². The summed E-state index contributed by atoms with van der Waals surface area (Å²) in [6.45, 7) is 0. The first-order valence-corrected chi connectivity index (χ1v) is 17.9. The number of para-hydroxylation sites is 4. The second kappa shape index (κ2) is 11.0. The molecule has 0 aliphatic heterocycles. The fraction of sp³-hybridized carbons (Fsp3) is 0. The van der Waals surface area contributed by atoms with Crippen LogP contribution in [0.1, 0.15) is 0 Å². The summed E-state index contributed by atoms with van der Waals surface area (Å²) in [6.07, 6.45) is 0. The Labute approximate surface area is 296 Å². The quantitative estimate of drug-likeness (QED) is 0.187. The first-order chi connectivity index (χ1) is 25.3. The number of hydrogen-bond donors (Lipinski definition) is 0. The van der Waals surface area contributed by atoms with E-state index in [2.05, 4.69) is 156 Å². The van der Waals surface area contributed by atoms with E-state index in [4.69, 9.17) is 14.4 Å². The van der Waals surface area contributed by atoms with E-state index in [1.54, 1.807) is 11.3 Å². The molecule has 0 N–H and O–H groups in total. The Morgan fingerprint density at radius 2 is 1.14 bits per heavy atom. The van der Waals surface area contributed by atoms with Crippen LogP contribution in [0.15, 0.2) is 168 Å². The molecular formula is C46H27N3OS. The zero-order chi connectivity index (χ0) is 33.5. The van der Waals surface area contributed by atoms with Crippen LogP contribution in [0, 0.1) is 0 Å². The molecule has 0 spiro atoms. The summed E-state index contributed by atoms with van der Waals surface area (Å²) in [6, 6.07) is 57.7. The second-order valence-corrected chi connectivity index (χ2v) is 14.0. The number of thiophene rings is 1. The molecule has 4 heterocycles. The number of fused-ring (bicyclic) bond motifs is 9. The number of hydrogen-bond acceptors (Lipinski definition) is 4. The summed E-state index contributed by atoms with van der Waals surface area (Å²) < 4.78 is 9.98. The first-order valence-electron chi connectivity index (χ1n) is 17.1. The maximum atomic E-state index is 6.45. The van der Waals surface area contributed by atoms with E-state index in [1.165, 1.54) is 31.9 Å². The lowest BCUT2D eigenvalue weighted by molar-refractivity contribution is 0.670. The molecule has 0 bridgehead atoms. The van der Waals surface area contributed by atoms with Crippen molar-refractivity contribution in [3.8, 4) is 39.5 Å². The van der Waals surface area contributed by atoms with Gasteiger partial charge in [-0.1, -0.05) is 121 Å². The Hall–Kier alpha value is -6.56. The minimum Gasteiger partial charge on any atom is -0.455 e. The molecule has 4 nitrogen and oxygen atoms in total. The molecule has 238 valence electrons. The number of rotatable bonds is 4. The Morgan fingerprint density at radius 1 is 0.490 bits per heavy atom. The standard InChI is InChI=1S/C46H27N3OS/c1-5-22-38-33(16-1)34-17-2-6-23-39(34)49(38)31-15-10-14-30(27-31)45-47-43(42-37-19-4-8-25-41(37)51-46(42)48-45)29-13-9-12-28(26-29)32-20-11-21-36-35-18-3-7-24-40(35)50-44(32)36/h1-27H. The molecule has 0 radical (unpaired) electrons. The predicted octanol–water partition coefficient (Wildman–Crippen LogP) is 12.8. The normalized spacial score (nSPS) is 11.9. The minimum atomic E-state index is 0.705. The van der Waals surface area contributed by atoms with Crippen molar-refractivity contribution in [3.05, 3.63) is 164 Å². The van der Waals surface area contributed by atoms with E-state index in [9.17, 15) is 0 Å². The molecule has 7 aromatic carbocycles. The molecule has 11 aromatic rings. The highest BCUT2D eigenvalue weighted by molar-refractivity contribution is 7.25. The predicted molar refractivity (Wildman–Crippen MR) is 213 cm³/mol. The van der Waals surface area contributed by atoms with Crippen molar-refractivity contribution in [3.63, 3.8) is 0 Å². The Bertz CT molecular complexity index is 3110. The molecule has 0 amide bonds. The van der Waals surface area contributed by atoms with Gasteiger partial charge in [-0.25, -0.2) is 9.97 Å². The van der Waals surface area contributed by atoms with Gasteiger partial charge < -0.3 is 8.98 Å². The molecule has 0 aliphatic carbocycles. The zero-order valence-electron chi connectivity index (χ0n) is 27.2. The highest BCUT2D eigenvalue weighted by Gasteiger charge is 2.19. The van der Waals surface area contributed by atoms with E-state index in [0.717, 1.165) is 65.8 Å². The van der Waals surface area contributed by atoms with Gasteiger partial charge in [0.2, 0.25) is 0 Å². The van der Waals surface area contributed by atoms with Crippen LogP contribution in [0.3, 0.4) is 0 Å². The third kappa shape index (κ3) is 4.32. The number of benzene rings is 7. The van der Waals surface area contributed by atoms with Crippen LogP contribution in [-0.4, -0.2) is 14.5 Å². The molecular weight excluding hydrogens is 643 g/mol. The summed E-state index contributed by atoms with van der Waals surface area (Å²) in [4.78, 5) is 11.6. The van der Waals surface area contributed by atoms with Crippen LogP contribution in [0.2, 0.25) is 0 Å². The fourth-order valence-corrected chi connectivity index (χ4v) is 8.83. The van der Waals surface area contributed by atoms with Crippen LogP contribution in [-0.2, 0) is 0 Å².